The summed E-state index contributed by atoms with van der Waals surface area (Å²) in [6, 6.07) is 3.42. The van der Waals surface area contributed by atoms with Crippen molar-refractivity contribution < 1.29 is 4.79 Å². The van der Waals surface area contributed by atoms with Gasteiger partial charge in [0.1, 0.15) is 10.7 Å². The number of nitrogens with zero attached hydrogens (tertiary/aromatic N) is 2. The van der Waals surface area contributed by atoms with Crippen LogP contribution in [0.5, 0.6) is 0 Å². The number of likely N-dealkylation sites (N-methyl/N-ethyl adjacent to an activating group) is 1. The summed E-state index contributed by atoms with van der Waals surface area (Å²) in [6.45, 7) is 4.95. The molecule has 1 aromatic heterocycles. The number of nitrogens with one attached hydrogen (secondary N) is 1. The molecule has 1 amide bonds. The predicted octanol–water partition coefficient (Wildman–Crippen LogP) is 1.03. The first-order chi connectivity index (χ1) is 9.31. The Morgan fingerprint density at radius 2 is 2.10 bits per heavy atom. The van der Waals surface area contributed by atoms with Gasteiger partial charge in [-0.1, -0.05) is 26.1 Å². The molecule has 0 saturated carbocycles. The molecule has 1 heterocycles. The fraction of sp³-hybridized carbons (Fsp3) is 0.500. The van der Waals surface area contributed by atoms with Crippen LogP contribution in [0.15, 0.2) is 18.3 Å². The molecule has 1 unspecified atom stereocenters. The second kappa shape index (κ2) is 7.31. The lowest BCUT2D eigenvalue weighted by Crippen LogP contribution is -2.45. The van der Waals surface area contributed by atoms with Crippen LogP contribution >= 0.6 is 12.2 Å². The van der Waals surface area contributed by atoms with Crippen LogP contribution in [-0.2, 0) is 0 Å². The highest BCUT2D eigenvalue weighted by atomic mass is 32.1. The van der Waals surface area contributed by atoms with Gasteiger partial charge in [0.15, 0.2) is 0 Å². The molecule has 0 aliphatic carbocycles. The highest BCUT2D eigenvalue weighted by Crippen LogP contribution is 2.05. The quantitative estimate of drug-likeness (QED) is 0.767. The first-order valence-electron chi connectivity index (χ1n) is 6.52. The molecule has 1 aromatic rings. The topological polar surface area (TPSA) is 71.2 Å². The van der Waals surface area contributed by atoms with E-state index in [1.807, 2.05) is 19.0 Å². The standard InChI is InChI=1S/C14H22N4OS/c1-9(2)12(8-18(3)4)17-14(19)11-6-5-10(7-16-11)13(15)20/h5-7,9,12H,8H2,1-4H3,(H2,15,20)(H,17,19). The number of hydrogen-bond acceptors (Lipinski definition) is 4. The van der Waals surface area contributed by atoms with E-state index in [1.54, 1.807) is 12.1 Å². The number of rotatable bonds is 6. The number of aromatic nitrogens is 1. The van der Waals surface area contributed by atoms with E-state index in [1.165, 1.54) is 6.20 Å². The van der Waals surface area contributed by atoms with Crippen LogP contribution in [0.4, 0.5) is 0 Å². The number of amides is 1. The van der Waals surface area contributed by atoms with E-state index >= 15 is 0 Å². The number of thiocarbonyl (C=S) groups is 1. The molecular formula is C14H22N4OS. The minimum absolute atomic E-state index is 0.0783. The largest absolute Gasteiger partial charge is 0.389 e. The molecule has 3 N–H and O–H groups in total. The van der Waals surface area contributed by atoms with Crippen molar-refractivity contribution in [3.05, 3.63) is 29.6 Å². The lowest BCUT2D eigenvalue weighted by Gasteiger charge is -2.25. The number of nitrogens with two attached hydrogens (primary N) is 1. The van der Waals surface area contributed by atoms with Gasteiger partial charge in [0.2, 0.25) is 0 Å². The van der Waals surface area contributed by atoms with Gasteiger partial charge in [-0.15, -0.1) is 0 Å². The highest BCUT2D eigenvalue weighted by Gasteiger charge is 2.18. The lowest BCUT2D eigenvalue weighted by atomic mass is 10.0. The Balaban J connectivity index is 2.75. The summed E-state index contributed by atoms with van der Waals surface area (Å²) < 4.78 is 0. The average molecular weight is 294 g/mol. The number of hydrogen-bond donors (Lipinski definition) is 2. The minimum Gasteiger partial charge on any atom is -0.389 e. The third-order valence-corrected chi connectivity index (χ3v) is 3.20. The zero-order valence-electron chi connectivity index (χ0n) is 12.4. The molecular weight excluding hydrogens is 272 g/mol. The molecule has 1 rings (SSSR count). The van der Waals surface area contributed by atoms with Crippen molar-refractivity contribution >= 4 is 23.1 Å². The van der Waals surface area contributed by atoms with Crippen LogP contribution in [0.25, 0.3) is 0 Å². The van der Waals surface area contributed by atoms with Gasteiger partial charge in [-0.3, -0.25) is 9.78 Å². The summed E-state index contributed by atoms with van der Waals surface area (Å²) in [5.74, 6) is 0.164. The van der Waals surface area contributed by atoms with Crippen LogP contribution in [0.1, 0.15) is 29.9 Å². The third kappa shape index (κ3) is 4.86. The van der Waals surface area contributed by atoms with E-state index in [9.17, 15) is 4.79 Å². The summed E-state index contributed by atoms with van der Waals surface area (Å²) >= 11 is 4.85. The molecule has 0 spiro atoms. The summed E-state index contributed by atoms with van der Waals surface area (Å²) in [4.78, 5) is 18.6. The van der Waals surface area contributed by atoms with Crippen molar-refractivity contribution in [3.63, 3.8) is 0 Å². The predicted molar refractivity (Wildman–Crippen MR) is 84.8 cm³/mol. The Bertz CT molecular complexity index is 471. The van der Waals surface area contributed by atoms with E-state index in [4.69, 9.17) is 18.0 Å². The SMILES string of the molecule is CC(C)C(CN(C)C)NC(=O)c1ccc(C(N)=S)cn1. The molecule has 0 saturated heterocycles. The molecule has 110 valence electrons. The monoisotopic (exact) mass is 294 g/mol. The maximum absolute atomic E-state index is 12.2. The van der Waals surface area contributed by atoms with Crippen LogP contribution in [0.3, 0.4) is 0 Å². The van der Waals surface area contributed by atoms with Crippen molar-refractivity contribution in [2.45, 2.75) is 19.9 Å². The maximum Gasteiger partial charge on any atom is 0.270 e. The normalized spacial score (nSPS) is 12.5. The van der Waals surface area contributed by atoms with Gasteiger partial charge in [-0.2, -0.15) is 0 Å². The first-order valence-corrected chi connectivity index (χ1v) is 6.93. The molecule has 5 nitrogen and oxygen atoms in total. The van der Waals surface area contributed by atoms with Crippen LogP contribution in [0, 0.1) is 5.92 Å². The molecule has 0 bridgehead atoms. The Kier molecular flexibility index (Phi) is 6.04. The molecule has 0 aliphatic rings. The van der Waals surface area contributed by atoms with Gasteiger partial charge >= 0.3 is 0 Å². The van der Waals surface area contributed by atoms with E-state index in [0.717, 1.165) is 6.54 Å². The van der Waals surface area contributed by atoms with Gasteiger partial charge < -0.3 is 16.0 Å². The molecule has 0 fully saturated rings. The summed E-state index contributed by atoms with van der Waals surface area (Å²) in [7, 11) is 3.97. The zero-order chi connectivity index (χ0) is 15.3. The number of carbonyl (C=O) groups is 1. The smallest absolute Gasteiger partial charge is 0.270 e. The van der Waals surface area contributed by atoms with Crippen molar-refractivity contribution in [2.75, 3.05) is 20.6 Å². The summed E-state index contributed by atoms with van der Waals surface area (Å²) in [6.07, 6.45) is 1.52. The van der Waals surface area contributed by atoms with Crippen molar-refractivity contribution in [2.24, 2.45) is 11.7 Å². The number of carbonyl (C=O) groups excluding carboxylic acids is 1. The van der Waals surface area contributed by atoms with Crippen LogP contribution < -0.4 is 11.1 Å². The van der Waals surface area contributed by atoms with Crippen LogP contribution in [0.2, 0.25) is 0 Å². The van der Waals surface area contributed by atoms with Crippen molar-refractivity contribution in [3.8, 4) is 0 Å². The Hall–Kier alpha value is -1.53. The fourth-order valence-corrected chi connectivity index (χ4v) is 1.85. The second-order valence-electron chi connectivity index (χ2n) is 5.38. The Morgan fingerprint density at radius 1 is 1.45 bits per heavy atom. The molecule has 0 radical (unpaired) electrons. The third-order valence-electron chi connectivity index (χ3n) is 2.96. The van der Waals surface area contributed by atoms with Gasteiger partial charge in [-0.25, -0.2) is 0 Å². The van der Waals surface area contributed by atoms with Gasteiger partial charge in [0, 0.05) is 24.3 Å². The van der Waals surface area contributed by atoms with E-state index < -0.39 is 0 Å². The molecule has 6 heteroatoms. The van der Waals surface area contributed by atoms with Crippen LogP contribution in [-0.4, -0.2) is 47.5 Å². The summed E-state index contributed by atoms with van der Waals surface area (Å²) in [5.41, 5.74) is 6.53. The highest BCUT2D eigenvalue weighted by molar-refractivity contribution is 7.80. The molecule has 0 aromatic carbocycles. The first kappa shape index (κ1) is 16.5. The Morgan fingerprint density at radius 3 is 2.50 bits per heavy atom. The van der Waals surface area contributed by atoms with Crippen molar-refractivity contribution in [1.29, 1.82) is 0 Å². The van der Waals surface area contributed by atoms with E-state index in [2.05, 4.69) is 24.1 Å². The van der Waals surface area contributed by atoms with Gasteiger partial charge in [-0.05, 0) is 32.1 Å². The second-order valence-corrected chi connectivity index (χ2v) is 5.82. The van der Waals surface area contributed by atoms with Gasteiger partial charge in [0.25, 0.3) is 5.91 Å². The molecule has 20 heavy (non-hydrogen) atoms. The molecule has 0 aliphatic heterocycles. The maximum atomic E-state index is 12.2. The Labute approximate surface area is 125 Å². The van der Waals surface area contributed by atoms with Crippen molar-refractivity contribution in [1.82, 2.24) is 15.2 Å². The lowest BCUT2D eigenvalue weighted by molar-refractivity contribution is 0.0911. The fourth-order valence-electron chi connectivity index (χ4n) is 1.73. The van der Waals surface area contributed by atoms with Gasteiger partial charge in [0.05, 0.1) is 0 Å². The molecule has 1 atom stereocenters. The number of pyridine rings is 1. The average Bonchev–Trinajstić information content (AvgIpc) is 2.37. The summed E-state index contributed by atoms with van der Waals surface area (Å²) in [5, 5.41) is 3.01. The van der Waals surface area contributed by atoms with E-state index in [-0.39, 0.29) is 16.9 Å². The minimum atomic E-state index is -0.181. The van der Waals surface area contributed by atoms with E-state index in [0.29, 0.717) is 17.2 Å². The zero-order valence-corrected chi connectivity index (χ0v) is 13.2.